The molecular formula is C16H28N4O2. The molecule has 6 heteroatoms. The number of urea groups is 1. The van der Waals surface area contributed by atoms with Crippen molar-refractivity contribution >= 4 is 6.03 Å². The molecule has 0 aliphatic heterocycles. The molecule has 1 aliphatic rings. The molecule has 0 radical (unpaired) electrons. The molecule has 1 saturated carbocycles. The Labute approximate surface area is 132 Å². The van der Waals surface area contributed by atoms with Crippen LogP contribution in [0.1, 0.15) is 70.0 Å². The largest absolute Gasteiger partial charge is 0.339 e. The van der Waals surface area contributed by atoms with Gasteiger partial charge in [0.15, 0.2) is 5.82 Å². The number of carbonyl (C=O) groups excluding carboxylic acids is 1. The van der Waals surface area contributed by atoms with Crippen LogP contribution in [0.3, 0.4) is 0 Å². The van der Waals surface area contributed by atoms with Crippen LogP contribution >= 0.6 is 0 Å². The van der Waals surface area contributed by atoms with E-state index in [-0.39, 0.29) is 11.9 Å². The third-order valence-electron chi connectivity index (χ3n) is 4.29. The second-order valence-electron chi connectivity index (χ2n) is 6.44. The highest BCUT2D eigenvalue weighted by Crippen LogP contribution is 2.21. The molecule has 6 nitrogen and oxygen atoms in total. The average molecular weight is 308 g/mol. The summed E-state index contributed by atoms with van der Waals surface area (Å²) in [6.45, 7) is 4.71. The van der Waals surface area contributed by atoms with E-state index >= 15 is 0 Å². The normalized spacial score (nSPS) is 16.0. The van der Waals surface area contributed by atoms with E-state index in [4.69, 9.17) is 4.52 Å². The van der Waals surface area contributed by atoms with Gasteiger partial charge in [0.2, 0.25) is 5.89 Å². The van der Waals surface area contributed by atoms with Crippen molar-refractivity contribution in [3.05, 3.63) is 11.7 Å². The van der Waals surface area contributed by atoms with Crippen molar-refractivity contribution in [3.63, 3.8) is 0 Å². The van der Waals surface area contributed by atoms with Crippen LogP contribution in [-0.2, 0) is 6.42 Å². The molecule has 1 fully saturated rings. The summed E-state index contributed by atoms with van der Waals surface area (Å²) >= 11 is 0. The lowest BCUT2D eigenvalue weighted by Gasteiger charge is -2.31. The highest BCUT2D eigenvalue weighted by Gasteiger charge is 2.21. The van der Waals surface area contributed by atoms with Crippen LogP contribution in [0, 0.1) is 0 Å². The SMILES string of the molecule is CC(C)c1noc(CCCNC(=O)N(C)C2CCCCC2)n1. The van der Waals surface area contributed by atoms with E-state index < -0.39 is 0 Å². The zero-order valence-electron chi connectivity index (χ0n) is 14.0. The minimum atomic E-state index is 0.0281. The van der Waals surface area contributed by atoms with Gasteiger partial charge < -0.3 is 14.7 Å². The fourth-order valence-corrected chi connectivity index (χ4v) is 2.80. The molecule has 0 bridgehead atoms. The molecule has 2 amide bonds. The van der Waals surface area contributed by atoms with Crippen LogP contribution in [0.2, 0.25) is 0 Å². The van der Waals surface area contributed by atoms with Crippen LogP contribution in [0.15, 0.2) is 4.52 Å². The van der Waals surface area contributed by atoms with E-state index in [0.717, 1.165) is 25.1 Å². The van der Waals surface area contributed by atoms with Gasteiger partial charge in [0.05, 0.1) is 0 Å². The number of amides is 2. The molecule has 1 aromatic heterocycles. The van der Waals surface area contributed by atoms with E-state index in [0.29, 0.717) is 24.9 Å². The number of hydrogen-bond donors (Lipinski definition) is 1. The van der Waals surface area contributed by atoms with Gasteiger partial charge in [-0.3, -0.25) is 0 Å². The van der Waals surface area contributed by atoms with Crippen molar-refractivity contribution < 1.29 is 9.32 Å². The summed E-state index contributed by atoms with van der Waals surface area (Å²) in [6, 6.07) is 0.429. The lowest BCUT2D eigenvalue weighted by Crippen LogP contribution is -2.44. The minimum Gasteiger partial charge on any atom is -0.339 e. The van der Waals surface area contributed by atoms with Gasteiger partial charge in [-0.2, -0.15) is 4.98 Å². The zero-order chi connectivity index (χ0) is 15.9. The highest BCUT2D eigenvalue weighted by atomic mass is 16.5. The maximum absolute atomic E-state index is 12.1. The van der Waals surface area contributed by atoms with Crippen molar-refractivity contribution in [2.75, 3.05) is 13.6 Å². The first-order chi connectivity index (χ1) is 10.6. The summed E-state index contributed by atoms with van der Waals surface area (Å²) in [7, 11) is 1.90. The minimum absolute atomic E-state index is 0.0281. The predicted molar refractivity (Wildman–Crippen MR) is 84.7 cm³/mol. The lowest BCUT2D eigenvalue weighted by molar-refractivity contribution is 0.173. The van der Waals surface area contributed by atoms with Gasteiger partial charge in [-0.25, -0.2) is 4.79 Å². The molecular weight excluding hydrogens is 280 g/mol. The zero-order valence-corrected chi connectivity index (χ0v) is 14.0. The van der Waals surface area contributed by atoms with Gasteiger partial charge in [-0.1, -0.05) is 38.3 Å². The summed E-state index contributed by atoms with van der Waals surface area (Å²) in [5.41, 5.74) is 0. The molecule has 1 aliphatic carbocycles. The smallest absolute Gasteiger partial charge is 0.317 e. The maximum atomic E-state index is 12.1. The fourth-order valence-electron chi connectivity index (χ4n) is 2.80. The maximum Gasteiger partial charge on any atom is 0.317 e. The van der Waals surface area contributed by atoms with Crippen molar-refractivity contribution in [3.8, 4) is 0 Å². The van der Waals surface area contributed by atoms with E-state index in [1.807, 2.05) is 25.8 Å². The van der Waals surface area contributed by atoms with Crippen LogP contribution in [0.25, 0.3) is 0 Å². The van der Waals surface area contributed by atoms with Crippen LogP contribution in [0.4, 0.5) is 4.79 Å². The summed E-state index contributed by atoms with van der Waals surface area (Å²) in [5.74, 6) is 1.68. The summed E-state index contributed by atoms with van der Waals surface area (Å²) in [5, 5.41) is 6.91. The predicted octanol–water partition coefficient (Wildman–Crippen LogP) is 3.10. The molecule has 1 N–H and O–H groups in total. The molecule has 22 heavy (non-hydrogen) atoms. The molecule has 1 heterocycles. The van der Waals surface area contributed by atoms with E-state index in [1.54, 1.807) is 0 Å². The summed E-state index contributed by atoms with van der Waals surface area (Å²) < 4.78 is 5.19. The highest BCUT2D eigenvalue weighted by molar-refractivity contribution is 5.74. The molecule has 0 atom stereocenters. The Morgan fingerprint density at radius 1 is 1.36 bits per heavy atom. The molecule has 0 aromatic carbocycles. The summed E-state index contributed by atoms with van der Waals surface area (Å²) in [6.07, 6.45) is 7.54. The first-order valence-corrected chi connectivity index (χ1v) is 8.41. The molecule has 0 unspecified atom stereocenters. The second kappa shape index (κ2) is 8.15. The van der Waals surface area contributed by atoms with Gasteiger partial charge in [0, 0.05) is 32.0 Å². The number of rotatable bonds is 6. The Bertz CT molecular complexity index is 466. The number of nitrogens with zero attached hydrogens (tertiary/aromatic N) is 3. The average Bonchev–Trinajstić information content (AvgIpc) is 3.00. The number of aryl methyl sites for hydroxylation is 1. The molecule has 0 saturated heterocycles. The lowest BCUT2D eigenvalue weighted by atomic mass is 9.95. The van der Waals surface area contributed by atoms with E-state index in [1.165, 1.54) is 19.3 Å². The van der Waals surface area contributed by atoms with Crippen LogP contribution in [-0.4, -0.2) is 40.7 Å². The second-order valence-corrected chi connectivity index (χ2v) is 6.44. The number of hydrogen-bond acceptors (Lipinski definition) is 4. The molecule has 124 valence electrons. The monoisotopic (exact) mass is 308 g/mol. The first kappa shape index (κ1) is 16.8. The van der Waals surface area contributed by atoms with Gasteiger partial charge in [-0.15, -0.1) is 0 Å². The first-order valence-electron chi connectivity index (χ1n) is 8.41. The topological polar surface area (TPSA) is 71.3 Å². The number of aromatic nitrogens is 2. The molecule has 2 rings (SSSR count). The van der Waals surface area contributed by atoms with Gasteiger partial charge in [0.25, 0.3) is 0 Å². The Balaban J connectivity index is 1.65. The molecule has 0 spiro atoms. The Hall–Kier alpha value is -1.59. The quantitative estimate of drug-likeness (QED) is 0.820. The van der Waals surface area contributed by atoms with Crippen LogP contribution < -0.4 is 5.32 Å². The van der Waals surface area contributed by atoms with E-state index in [2.05, 4.69) is 15.5 Å². The van der Waals surface area contributed by atoms with Crippen LogP contribution in [0.5, 0.6) is 0 Å². The third kappa shape index (κ3) is 4.71. The van der Waals surface area contributed by atoms with E-state index in [9.17, 15) is 4.79 Å². The Morgan fingerprint density at radius 2 is 2.09 bits per heavy atom. The van der Waals surface area contributed by atoms with Crippen molar-refractivity contribution in [1.82, 2.24) is 20.4 Å². The number of carbonyl (C=O) groups is 1. The fraction of sp³-hybridized carbons (Fsp3) is 0.812. The third-order valence-corrected chi connectivity index (χ3v) is 4.29. The Kier molecular flexibility index (Phi) is 6.21. The van der Waals surface area contributed by atoms with Crippen molar-refractivity contribution in [2.45, 2.75) is 70.8 Å². The van der Waals surface area contributed by atoms with Gasteiger partial charge in [0.1, 0.15) is 0 Å². The van der Waals surface area contributed by atoms with Gasteiger partial charge >= 0.3 is 6.03 Å². The summed E-state index contributed by atoms with van der Waals surface area (Å²) in [4.78, 5) is 18.3. The Morgan fingerprint density at radius 3 is 2.73 bits per heavy atom. The van der Waals surface area contributed by atoms with Crippen molar-refractivity contribution in [1.29, 1.82) is 0 Å². The standard InChI is InChI=1S/C16H28N4O2/c1-12(2)15-18-14(22-19-15)10-7-11-17-16(21)20(3)13-8-5-4-6-9-13/h12-13H,4-11H2,1-3H3,(H,17,21). The van der Waals surface area contributed by atoms with Crippen molar-refractivity contribution in [2.24, 2.45) is 0 Å². The van der Waals surface area contributed by atoms with Gasteiger partial charge in [-0.05, 0) is 19.3 Å². The number of nitrogens with one attached hydrogen (secondary N) is 1. The molecule has 1 aromatic rings.